The highest BCUT2D eigenvalue weighted by Crippen LogP contribution is 2.37. The van der Waals surface area contributed by atoms with Crippen LogP contribution in [0.15, 0.2) is 91.0 Å². The van der Waals surface area contributed by atoms with Crippen molar-refractivity contribution in [3.8, 4) is 5.75 Å². The van der Waals surface area contributed by atoms with Gasteiger partial charge in [-0.15, -0.1) is 0 Å². The lowest BCUT2D eigenvalue weighted by molar-refractivity contribution is -0.150. The monoisotopic (exact) mass is 489 g/mol. The van der Waals surface area contributed by atoms with E-state index >= 15 is 0 Å². The van der Waals surface area contributed by atoms with Gasteiger partial charge in [-0.3, -0.25) is 14.2 Å². The molecule has 1 atom stereocenters. The number of rotatable bonds is 5. The normalized spacial score (nSPS) is 14.9. The van der Waals surface area contributed by atoms with Crippen LogP contribution >= 0.6 is 0 Å². The molecule has 0 saturated carbocycles. The number of hydrogen-bond acceptors (Lipinski definition) is 4. The first-order chi connectivity index (χ1) is 18.2. The fraction of sp³-hybridized carbons (Fsp3) is 0.188. The molecular weight excluding hydrogens is 462 g/mol. The van der Waals surface area contributed by atoms with Crippen molar-refractivity contribution in [1.82, 2.24) is 4.57 Å². The smallest absolute Gasteiger partial charge is 0.309 e. The molecule has 1 heterocycles. The Kier molecular flexibility index (Phi) is 5.97. The number of methoxy groups -OCH3 is 1. The number of esters is 1. The molecule has 4 aromatic carbocycles. The Morgan fingerprint density at radius 1 is 0.838 bits per heavy atom. The number of fused-ring (bicyclic) bond motifs is 4. The number of benzene rings is 4. The maximum atomic E-state index is 14.1. The van der Waals surface area contributed by atoms with E-state index in [4.69, 9.17) is 9.47 Å². The van der Waals surface area contributed by atoms with Gasteiger partial charge in [0.25, 0.3) is 5.91 Å². The zero-order valence-corrected chi connectivity index (χ0v) is 20.6. The first-order valence-corrected chi connectivity index (χ1v) is 12.6. The van der Waals surface area contributed by atoms with Crippen LogP contribution in [0.25, 0.3) is 21.7 Å². The number of nitrogens with zero attached hydrogens (tertiary/aromatic N) is 1. The van der Waals surface area contributed by atoms with Crippen LogP contribution in [-0.4, -0.2) is 23.6 Å². The number of ether oxygens (including phenoxy) is 2. The molecule has 0 amide bonds. The molecule has 0 bridgehead atoms. The highest BCUT2D eigenvalue weighted by molar-refractivity contribution is 6.12. The molecule has 6 rings (SSSR count). The summed E-state index contributed by atoms with van der Waals surface area (Å²) in [6.45, 7) is 0.272. The summed E-state index contributed by atoms with van der Waals surface area (Å²) in [5, 5.41) is 2.78. The molecule has 0 saturated heterocycles. The second-order valence-electron chi connectivity index (χ2n) is 9.48. The molecule has 5 aromatic rings. The molecule has 1 unspecified atom stereocenters. The van der Waals surface area contributed by atoms with E-state index in [0.717, 1.165) is 44.2 Å². The summed E-state index contributed by atoms with van der Waals surface area (Å²) in [6, 6.07) is 29.2. The summed E-state index contributed by atoms with van der Waals surface area (Å²) in [5.74, 6) is 0.260. The zero-order chi connectivity index (χ0) is 25.4. The fourth-order valence-corrected chi connectivity index (χ4v) is 5.55. The van der Waals surface area contributed by atoms with E-state index in [0.29, 0.717) is 24.8 Å². The number of para-hydroxylation sites is 1. The lowest BCUT2D eigenvalue weighted by atomic mass is 9.86. The largest absolute Gasteiger partial charge is 0.496 e. The fourth-order valence-electron chi connectivity index (χ4n) is 5.55. The molecule has 0 radical (unpaired) electrons. The van der Waals surface area contributed by atoms with Crippen molar-refractivity contribution in [1.29, 1.82) is 0 Å². The maximum absolute atomic E-state index is 14.1. The second kappa shape index (κ2) is 9.58. The third-order valence-electron chi connectivity index (χ3n) is 7.36. The number of hydrogen-bond donors (Lipinski definition) is 0. The van der Waals surface area contributed by atoms with Gasteiger partial charge in [-0.05, 0) is 54.0 Å². The molecule has 0 aliphatic heterocycles. The van der Waals surface area contributed by atoms with Crippen LogP contribution in [-0.2, 0) is 29.0 Å². The van der Waals surface area contributed by atoms with E-state index in [9.17, 15) is 9.59 Å². The van der Waals surface area contributed by atoms with Gasteiger partial charge in [0, 0.05) is 22.0 Å². The third kappa shape index (κ3) is 4.06. The Balaban J connectivity index is 1.36. The molecule has 1 aromatic heterocycles. The summed E-state index contributed by atoms with van der Waals surface area (Å²) < 4.78 is 13.0. The summed E-state index contributed by atoms with van der Waals surface area (Å²) in [7, 11) is 1.64. The topological polar surface area (TPSA) is 57.5 Å². The summed E-state index contributed by atoms with van der Waals surface area (Å²) in [6.07, 6.45) is 1.84. The minimum atomic E-state index is -0.229. The van der Waals surface area contributed by atoms with Crippen LogP contribution in [0.4, 0.5) is 0 Å². The number of aromatic nitrogens is 1. The molecule has 0 fully saturated rings. The van der Waals surface area contributed by atoms with Crippen LogP contribution in [0.5, 0.6) is 5.75 Å². The summed E-state index contributed by atoms with van der Waals surface area (Å²) >= 11 is 0. The Labute approximate surface area is 215 Å². The van der Waals surface area contributed by atoms with E-state index in [1.807, 2.05) is 95.6 Å². The first kappa shape index (κ1) is 23.0. The van der Waals surface area contributed by atoms with Gasteiger partial charge in [0.05, 0.1) is 18.5 Å². The van der Waals surface area contributed by atoms with E-state index in [2.05, 4.69) is 0 Å². The average molecular weight is 490 g/mol. The van der Waals surface area contributed by atoms with E-state index < -0.39 is 0 Å². The third-order valence-corrected chi connectivity index (χ3v) is 7.36. The van der Waals surface area contributed by atoms with Crippen molar-refractivity contribution in [3.05, 3.63) is 113 Å². The molecule has 0 N–H and O–H groups in total. The van der Waals surface area contributed by atoms with Crippen molar-refractivity contribution in [3.63, 3.8) is 0 Å². The molecule has 5 heteroatoms. The van der Waals surface area contributed by atoms with Crippen LogP contribution in [0.1, 0.15) is 33.6 Å². The van der Waals surface area contributed by atoms with Crippen LogP contribution < -0.4 is 4.74 Å². The van der Waals surface area contributed by atoms with Gasteiger partial charge in [0.1, 0.15) is 12.4 Å². The van der Waals surface area contributed by atoms with Gasteiger partial charge in [-0.2, -0.15) is 0 Å². The van der Waals surface area contributed by atoms with Crippen molar-refractivity contribution in [2.45, 2.75) is 25.9 Å². The van der Waals surface area contributed by atoms with Crippen LogP contribution in [0, 0.1) is 5.92 Å². The molecule has 184 valence electrons. The molecular formula is C32H27NO4. The number of carbonyl (C=O) groups is 2. The SMILES string of the molecule is COc1ccc(C(=O)n2c3c(c4ccccc42)CC(C(=O)OCc2ccccc2)CC3)c2ccccc12. The summed E-state index contributed by atoms with van der Waals surface area (Å²) in [4.78, 5) is 27.1. The van der Waals surface area contributed by atoms with Crippen LogP contribution in [0.2, 0.25) is 0 Å². The predicted molar refractivity (Wildman–Crippen MR) is 144 cm³/mol. The van der Waals surface area contributed by atoms with Crippen molar-refractivity contribution in [2.24, 2.45) is 5.92 Å². The van der Waals surface area contributed by atoms with Crippen LogP contribution in [0.3, 0.4) is 0 Å². The predicted octanol–water partition coefficient (Wildman–Crippen LogP) is 6.34. The first-order valence-electron chi connectivity index (χ1n) is 12.6. The van der Waals surface area contributed by atoms with Crippen molar-refractivity contribution in [2.75, 3.05) is 7.11 Å². The zero-order valence-electron chi connectivity index (χ0n) is 20.6. The van der Waals surface area contributed by atoms with Gasteiger partial charge in [0.2, 0.25) is 0 Å². The van der Waals surface area contributed by atoms with Crippen molar-refractivity contribution >= 4 is 33.6 Å². The Morgan fingerprint density at radius 2 is 1.54 bits per heavy atom. The van der Waals surface area contributed by atoms with Gasteiger partial charge in [0.15, 0.2) is 0 Å². The molecule has 1 aliphatic rings. The van der Waals surface area contributed by atoms with Gasteiger partial charge in [-0.25, -0.2) is 0 Å². The van der Waals surface area contributed by atoms with E-state index in [1.54, 1.807) is 7.11 Å². The second-order valence-corrected chi connectivity index (χ2v) is 9.48. The van der Waals surface area contributed by atoms with Crippen molar-refractivity contribution < 1.29 is 19.1 Å². The van der Waals surface area contributed by atoms with Gasteiger partial charge < -0.3 is 9.47 Å². The van der Waals surface area contributed by atoms with E-state index in [-0.39, 0.29) is 24.4 Å². The minimum Gasteiger partial charge on any atom is -0.496 e. The van der Waals surface area contributed by atoms with E-state index in [1.165, 1.54) is 0 Å². The lowest BCUT2D eigenvalue weighted by Gasteiger charge is -2.23. The Hall–Kier alpha value is -4.38. The van der Waals surface area contributed by atoms with Gasteiger partial charge in [-0.1, -0.05) is 72.8 Å². The standard InChI is InChI=1S/C32H27NO4/c1-36-30-18-16-26(23-11-5-6-13-25(23)30)31(34)33-28-14-8-7-12-24(28)27-19-22(15-17-29(27)33)32(35)37-20-21-9-3-2-4-10-21/h2-14,16,18,22H,15,17,19-20H2,1H3. The molecule has 5 nitrogen and oxygen atoms in total. The maximum Gasteiger partial charge on any atom is 0.309 e. The minimum absolute atomic E-state index is 0.0681. The molecule has 1 aliphatic carbocycles. The Bertz CT molecular complexity index is 1630. The average Bonchev–Trinajstić information content (AvgIpc) is 3.29. The molecule has 0 spiro atoms. The Morgan fingerprint density at radius 3 is 2.32 bits per heavy atom. The molecule has 37 heavy (non-hydrogen) atoms. The van der Waals surface area contributed by atoms with Gasteiger partial charge >= 0.3 is 5.97 Å². The number of carbonyl (C=O) groups excluding carboxylic acids is 2. The summed E-state index contributed by atoms with van der Waals surface area (Å²) in [5.41, 5.74) is 4.52. The highest BCUT2D eigenvalue weighted by atomic mass is 16.5. The highest BCUT2D eigenvalue weighted by Gasteiger charge is 2.32. The lowest BCUT2D eigenvalue weighted by Crippen LogP contribution is -2.26. The quantitative estimate of drug-likeness (QED) is 0.270.